The van der Waals surface area contributed by atoms with Gasteiger partial charge in [0.25, 0.3) is 0 Å². The second-order valence-corrected chi connectivity index (χ2v) is 4.78. The maximum atomic E-state index is 12.1. The highest BCUT2D eigenvalue weighted by Gasteiger charge is 2.10. The molecule has 2 rings (SSSR count). The minimum atomic E-state index is 0.120. The molecule has 0 saturated carbocycles. The summed E-state index contributed by atoms with van der Waals surface area (Å²) in [6.45, 7) is 2.63. The smallest absolute Gasteiger partial charge is 0.227 e. The summed E-state index contributed by atoms with van der Waals surface area (Å²) in [5.74, 6) is 0.120. The van der Waals surface area contributed by atoms with Crippen LogP contribution in [0.3, 0.4) is 0 Å². The Balaban J connectivity index is 1.96. The van der Waals surface area contributed by atoms with Crippen LogP contribution in [0, 0.1) is 6.92 Å². The highest BCUT2D eigenvalue weighted by Crippen LogP contribution is 2.08. The number of carbonyl (C=O) groups excluding carboxylic acids is 1. The quantitative estimate of drug-likeness (QED) is 0.840. The summed E-state index contributed by atoms with van der Waals surface area (Å²) < 4.78 is 0. The van der Waals surface area contributed by atoms with E-state index in [9.17, 15) is 4.79 Å². The van der Waals surface area contributed by atoms with E-state index in [1.807, 2.05) is 44.3 Å². The van der Waals surface area contributed by atoms with Crippen molar-refractivity contribution in [3.63, 3.8) is 0 Å². The average Bonchev–Trinajstić information content (AvgIpc) is 2.40. The van der Waals surface area contributed by atoms with Crippen molar-refractivity contribution in [1.82, 2.24) is 9.88 Å². The van der Waals surface area contributed by atoms with Crippen LogP contribution in [-0.2, 0) is 17.8 Å². The molecular weight excluding hydrogens is 236 g/mol. The van der Waals surface area contributed by atoms with E-state index in [-0.39, 0.29) is 5.91 Å². The van der Waals surface area contributed by atoms with Crippen LogP contribution in [-0.4, -0.2) is 22.8 Å². The lowest BCUT2D eigenvalue weighted by molar-refractivity contribution is -0.129. The SMILES string of the molecule is Cc1cccc(CC(=O)N(C)Cc2cccnc2)c1. The molecule has 19 heavy (non-hydrogen) atoms. The number of rotatable bonds is 4. The Morgan fingerprint density at radius 2 is 2.00 bits per heavy atom. The van der Waals surface area contributed by atoms with E-state index >= 15 is 0 Å². The Bertz CT molecular complexity index is 552. The van der Waals surface area contributed by atoms with Crippen molar-refractivity contribution in [2.45, 2.75) is 19.9 Å². The fourth-order valence-corrected chi connectivity index (χ4v) is 1.99. The molecule has 0 bridgehead atoms. The molecular formula is C16H18N2O. The average molecular weight is 254 g/mol. The zero-order valence-corrected chi connectivity index (χ0v) is 11.3. The third kappa shape index (κ3) is 3.91. The van der Waals surface area contributed by atoms with Crippen LogP contribution in [0.15, 0.2) is 48.8 Å². The molecule has 2 aromatic rings. The molecule has 0 fully saturated rings. The largest absolute Gasteiger partial charge is 0.341 e. The number of hydrogen-bond acceptors (Lipinski definition) is 2. The highest BCUT2D eigenvalue weighted by atomic mass is 16.2. The third-order valence-electron chi connectivity index (χ3n) is 3.01. The van der Waals surface area contributed by atoms with Gasteiger partial charge in [0, 0.05) is 26.0 Å². The summed E-state index contributed by atoms with van der Waals surface area (Å²) in [4.78, 5) is 17.9. The highest BCUT2D eigenvalue weighted by molar-refractivity contribution is 5.78. The third-order valence-corrected chi connectivity index (χ3v) is 3.01. The van der Waals surface area contributed by atoms with Crippen molar-refractivity contribution in [3.8, 4) is 0 Å². The predicted molar refractivity (Wildman–Crippen MR) is 75.6 cm³/mol. The zero-order chi connectivity index (χ0) is 13.7. The molecule has 0 aliphatic rings. The molecule has 1 aromatic carbocycles. The number of aromatic nitrogens is 1. The molecule has 3 nitrogen and oxygen atoms in total. The minimum Gasteiger partial charge on any atom is -0.341 e. The number of likely N-dealkylation sites (N-methyl/N-ethyl adjacent to an activating group) is 1. The fourth-order valence-electron chi connectivity index (χ4n) is 1.99. The molecule has 1 aromatic heterocycles. The number of benzene rings is 1. The van der Waals surface area contributed by atoms with Crippen LogP contribution in [0.1, 0.15) is 16.7 Å². The molecule has 98 valence electrons. The fraction of sp³-hybridized carbons (Fsp3) is 0.250. The van der Waals surface area contributed by atoms with Gasteiger partial charge in [0.05, 0.1) is 6.42 Å². The molecule has 0 atom stereocenters. The van der Waals surface area contributed by atoms with Crippen LogP contribution in [0.25, 0.3) is 0 Å². The molecule has 0 spiro atoms. The molecule has 0 saturated heterocycles. The van der Waals surface area contributed by atoms with Crippen molar-refractivity contribution in [2.75, 3.05) is 7.05 Å². The van der Waals surface area contributed by atoms with Crippen molar-refractivity contribution >= 4 is 5.91 Å². The summed E-state index contributed by atoms with van der Waals surface area (Å²) in [7, 11) is 1.82. The lowest BCUT2D eigenvalue weighted by Gasteiger charge is -2.17. The van der Waals surface area contributed by atoms with E-state index in [0.29, 0.717) is 13.0 Å². The summed E-state index contributed by atoms with van der Waals surface area (Å²) in [5.41, 5.74) is 3.28. The first-order valence-corrected chi connectivity index (χ1v) is 6.33. The number of amides is 1. The van der Waals surface area contributed by atoms with E-state index in [4.69, 9.17) is 0 Å². The van der Waals surface area contributed by atoms with Crippen LogP contribution in [0.4, 0.5) is 0 Å². The van der Waals surface area contributed by atoms with Gasteiger partial charge in [-0.05, 0) is 24.1 Å². The van der Waals surface area contributed by atoms with E-state index in [0.717, 1.165) is 11.1 Å². The van der Waals surface area contributed by atoms with Gasteiger partial charge in [-0.1, -0.05) is 35.9 Å². The number of carbonyl (C=O) groups is 1. The van der Waals surface area contributed by atoms with Crippen molar-refractivity contribution in [1.29, 1.82) is 0 Å². The molecule has 3 heteroatoms. The van der Waals surface area contributed by atoms with E-state index in [1.54, 1.807) is 17.3 Å². The normalized spacial score (nSPS) is 10.2. The number of hydrogen-bond donors (Lipinski definition) is 0. The Kier molecular flexibility index (Phi) is 4.29. The van der Waals surface area contributed by atoms with Gasteiger partial charge in [-0.15, -0.1) is 0 Å². The monoisotopic (exact) mass is 254 g/mol. The zero-order valence-electron chi connectivity index (χ0n) is 11.3. The lowest BCUT2D eigenvalue weighted by atomic mass is 10.1. The van der Waals surface area contributed by atoms with Crippen LogP contribution < -0.4 is 0 Å². The number of nitrogens with zero attached hydrogens (tertiary/aromatic N) is 2. The first kappa shape index (κ1) is 13.3. The molecule has 1 amide bonds. The Morgan fingerprint density at radius 3 is 2.68 bits per heavy atom. The van der Waals surface area contributed by atoms with Gasteiger partial charge in [-0.3, -0.25) is 9.78 Å². The first-order valence-electron chi connectivity index (χ1n) is 6.33. The Hall–Kier alpha value is -2.16. The molecule has 0 aliphatic carbocycles. The summed E-state index contributed by atoms with van der Waals surface area (Å²) >= 11 is 0. The predicted octanol–water partition coefficient (Wildman–Crippen LogP) is 2.59. The first-order chi connectivity index (χ1) is 9.15. The molecule has 0 aliphatic heterocycles. The summed E-state index contributed by atoms with van der Waals surface area (Å²) in [6.07, 6.45) is 3.97. The van der Waals surface area contributed by atoms with Gasteiger partial charge >= 0.3 is 0 Å². The maximum absolute atomic E-state index is 12.1. The van der Waals surface area contributed by atoms with E-state index in [1.165, 1.54) is 5.56 Å². The Labute approximate surface area is 113 Å². The minimum absolute atomic E-state index is 0.120. The molecule has 0 radical (unpaired) electrons. The molecule has 0 unspecified atom stereocenters. The molecule has 1 heterocycles. The van der Waals surface area contributed by atoms with Gasteiger partial charge < -0.3 is 4.90 Å². The standard InChI is InChI=1S/C16H18N2O/c1-13-5-3-6-14(9-13)10-16(19)18(2)12-15-7-4-8-17-11-15/h3-9,11H,10,12H2,1-2H3. The lowest BCUT2D eigenvalue weighted by Crippen LogP contribution is -2.27. The second-order valence-electron chi connectivity index (χ2n) is 4.78. The van der Waals surface area contributed by atoms with Crippen molar-refractivity contribution in [3.05, 3.63) is 65.5 Å². The second kappa shape index (κ2) is 6.14. The maximum Gasteiger partial charge on any atom is 0.227 e. The summed E-state index contributed by atoms with van der Waals surface area (Å²) in [6, 6.07) is 11.9. The van der Waals surface area contributed by atoms with E-state index < -0.39 is 0 Å². The van der Waals surface area contributed by atoms with Gasteiger partial charge in [0.1, 0.15) is 0 Å². The Morgan fingerprint density at radius 1 is 1.21 bits per heavy atom. The molecule has 0 N–H and O–H groups in total. The van der Waals surface area contributed by atoms with Gasteiger partial charge in [0.15, 0.2) is 0 Å². The topological polar surface area (TPSA) is 33.2 Å². The van der Waals surface area contributed by atoms with Crippen molar-refractivity contribution < 1.29 is 4.79 Å². The van der Waals surface area contributed by atoms with Crippen LogP contribution >= 0.6 is 0 Å². The van der Waals surface area contributed by atoms with Crippen LogP contribution in [0.2, 0.25) is 0 Å². The number of pyridine rings is 1. The van der Waals surface area contributed by atoms with Gasteiger partial charge in [-0.25, -0.2) is 0 Å². The van der Waals surface area contributed by atoms with Gasteiger partial charge in [0.2, 0.25) is 5.91 Å². The summed E-state index contributed by atoms with van der Waals surface area (Å²) in [5, 5.41) is 0. The van der Waals surface area contributed by atoms with Gasteiger partial charge in [-0.2, -0.15) is 0 Å². The number of aryl methyl sites for hydroxylation is 1. The van der Waals surface area contributed by atoms with Crippen molar-refractivity contribution in [2.24, 2.45) is 0 Å². The van der Waals surface area contributed by atoms with Crippen LogP contribution in [0.5, 0.6) is 0 Å². The van der Waals surface area contributed by atoms with E-state index in [2.05, 4.69) is 11.1 Å².